The Balaban J connectivity index is 1.78. The highest BCUT2D eigenvalue weighted by atomic mass is 16.5. The van der Waals surface area contributed by atoms with E-state index in [0.717, 1.165) is 56.9 Å². The van der Waals surface area contributed by atoms with Gasteiger partial charge in [0.05, 0.1) is 30.8 Å². The van der Waals surface area contributed by atoms with Gasteiger partial charge in [0.2, 0.25) is 0 Å². The van der Waals surface area contributed by atoms with Crippen molar-refractivity contribution in [1.29, 1.82) is 0 Å². The first-order valence-corrected chi connectivity index (χ1v) is 10.1. The van der Waals surface area contributed by atoms with Crippen LogP contribution in [0.2, 0.25) is 0 Å². The standard InChI is InChI=1S/C24H25NO4/c1-27-17-9-8-16-12-20(25(19(16)13-17)14-15-6-7-15)24-18(10-11-26)23-21(28-2)4-3-5-22(23)29-24/h3-5,8-9,12-13,15,26H,6-7,10-11,14H2,1-2H3. The fourth-order valence-electron chi connectivity index (χ4n) is 4.21. The molecule has 0 saturated heterocycles. The van der Waals surface area contributed by atoms with E-state index in [2.05, 4.69) is 22.8 Å². The molecule has 2 heterocycles. The van der Waals surface area contributed by atoms with Crippen molar-refractivity contribution in [3.8, 4) is 23.0 Å². The molecule has 0 atom stereocenters. The van der Waals surface area contributed by atoms with Gasteiger partial charge in [-0.25, -0.2) is 0 Å². The summed E-state index contributed by atoms with van der Waals surface area (Å²) < 4.78 is 19.8. The maximum absolute atomic E-state index is 9.76. The number of furan rings is 1. The van der Waals surface area contributed by atoms with E-state index < -0.39 is 0 Å². The maximum atomic E-state index is 9.76. The first-order chi connectivity index (χ1) is 14.2. The molecule has 1 N–H and O–H groups in total. The smallest absolute Gasteiger partial charge is 0.155 e. The Morgan fingerprint density at radius 3 is 2.69 bits per heavy atom. The van der Waals surface area contributed by atoms with Gasteiger partial charge in [0.15, 0.2) is 5.76 Å². The molecule has 1 fully saturated rings. The Kier molecular flexibility index (Phi) is 4.47. The van der Waals surface area contributed by atoms with Crippen LogP contribution in [0.25, 0.3) is 33.3 Å². The van der Waals surface area contributed by atoms with Gasteiger partial charge in [0.1, 0.15) is 17.1 Å². The average Bonchev–Trinajstić information content (AvgIpc) is 3.40. The van der Waals surface area contributed by atoms with Crippen LogP contribution in [-0.2, 0) is 13.0 Å². The number of aliphatic hydroxyl groups is 1. The number of hydrogen-bond donors (Lipinski definition) is 1. The van der Waals surface area contributed by atoms with Crippen LogP contribution in [0.1, 0.15) is 18.4 Å². The molecule has 0 amide bonds. The molecule has 5 nitrogen and oxygen atoms in total. The van der Waals surface area contributed by atoms with E-state index in [9.17, 15) is 5.11 Å². The van der Waals surface area contributed by atoms with Gasteiger partial charge in [-0.05, 0) is 49.1 Å². The molecule has 4 aromatic rings. The number of nitrogens with zero attached hydrogens (tertiary/aromatic N) is 1. The quantitative estimate of drug-likeness (QED) is 0.481. The number of methoxy groups -OCH3 is 2. The summed E-state index contributed by atoms with van der Waals surface area (Å²) in [4.78, 5) is 0. The summed E-state index contributed by atoms with van der Waals surface area (Å²) in [5.41, 5.74) is 3.96. The molecule has 29 heavy (non-hydrogen) atoms. The Labute approximate surface area is 169 Å². The first-order valence-electron chi connectivity index (χ1n) is 10.1. The van der Waals surface area contributed by atoms with E-state index >= 15 is 0 Å². The third-order valence-corrected chi connectivity index (χ3v) is 5.84. The summed E-state index contributed by atoms with van der Waals surface area (Å²) in [5, 5.41) is 11.9. The van der Waals surface area contributed by atoms with Crippen LogP contribution in [0.3, 0.4) is 0 Å². The van der Waals surface area contributed by atoms with Gasteiger partial charge >= 0.3 is 0 Å². The van der Waals surface area contributed by atoms with Crippen molar-refractivity contribution in [2.24, 2.45) is 5.92 Å². The zero-order valence-corrected chi connectivity index (χ0v) is 16.8. The van der Waals surface area contributed by atoms with Crippen LogP contribution < -0.4 is 9.47 Å². The van der Waals surface area contributed by atoms with E-state index in [4.69, 9.17) is 13.9 Å². The highest BCUT2D eigenvalue weighted by Gasteiger charge is 2.27. The van der Waals surface area contributed by atoms with Crippen LogP contribution in [0.5, 0.6) is 11.5 Å². The maximum Gasteiger partial charge on any atom is 0.155 e. The predicted molar refractivity (Wildman–Crippen MR) is 114 cm³/mol. The SMILES string of the molecule is COc1ccc2cc(-c3oc4cccc(OC)c4c3CCO)n(CC3CC3)c2c1. The van der Waals surface area contributed by atoms with Crippen molar-refractivity contribution in [3.63, 3.8) is 0 Å². The normalized spacial score (nSPS) is 14.0. The third-order valence-electron chi connectivity index (χ3n) is 5.84. The molecular formula is C24H25NO4. The number of benzene rings is 2. The lowest BCUT2D eigenvalue weighted by Gasteiger charge is -2.11. The second-order valence-corrected chi connectivity index (χ2v) is 7.73. The highest BCUT2D eigenvalue weighted by molar-refractivity contribution is 5.95. The van der Waals surface area contributed by atoms with E-state index in [1.165, 1.54) is 12.8 Å². The molecule has 0 unspecified atom stereocenters. The molecule has 1 saturated carbocycles. The molecular weight excluding hydrogens is 366 g/mol. The fraction of sp³-hybridized carbons (Fsp3) is 0.333. The highest BCUT2D eigenvalue weighted by Crippen LogP contribution is 2.42. The number of fused-ring (bicyclic) bond motifs is 2. The lowest BCUT2D eigenvalue weighted by molar-refractivity contribution is 0.299. The van der Waals surface area contributed by atoms with Gasteiger partial charge in [0, 0.05) is 36.6 Å². The van der Waals surface area contributed by atoms with E-state index in [-0.39, 0.29) is 6.61 Å². The molecule has 0 spiro atoms. The molecule has 2 aromatic carbocycles. The van der Waals surface area contributed by atoms with Gasteiger partial charge in [-0.2, -0.15) is 0 Å². The minimum Gasteiger partial charge on any atom is -0.497 e. The second kappa shape index (κ2) is 7.16. The van der Waals surface area contributed by atoms with Gasteiger partial charge in [-0.3, -0.25) is 0 Å². The summed E-state index contributed by atoms with van der Waals surface area (Å²) in [7, 11) is 3.36. The molecule has 150 valence electrons. The van der Waals surface area contributed by atoms with Crippen LogP contribution in [0.4, 0.5) is 0 Å². The molecule has 5 rings (SSSR count). The Morgan fingerprint density at radius 1 is 1.10 bits per heavy atom. The van der Waals surface area contributed by atoms with Crippen LogP contribution in [0, 0.1) is 5.92 Å². The Morgan fingerprint density at radius 2 is 1.97 bits per heavy atom. The van der Waals surface area contributed by atoms with Crippen molar-refractivity contribution in [2.75, 3.05) is 20.8 Å². The van der Waals surface area contributed by atoms with Crippen LogP contribution in [0.15, 0.2) is 46.9 Å². The summed E-state index contributed by atoms with van der Waals surface area (Å²) >= 11 is 0. The molecule has 0 aliphatic heterocycles. The summed E-state index contributed by atoms with van der Waals surface area (Å²) in [6.45, 7) is 1.01. The van der Waals surface area contributed by atoms with Crippen LogP contribution >= 0.6 is 0 Å². The van der Waals surface area contributed by atoms with Gasteiger partial charge in [-0.1, -0.05) is 6.07 Å². The number of aromatic nitrogens is 1. The van der Waals surface area contributed by atoms with E-state index in [1.807, 2.05) is 24.3 Å². The topological polar surface area (TPSA) is 56.8 Å². The summed E-state index contributed by atoms with van der Waals surface area (Å²) in [6.07, 6.45) is 3.04. The summed E-state index contributed by atoms with van der Waals surface area (Å²) in [5.74, 6) is 3.14. The number of aliphatic hydroxyl groups excluding tert-OH is 1. The minimum absolute atomic E-state index is 0.0519. The molecule has 5 heteroatoms. The van der Waals surface area contributed by atoms with E-state index in [1.54, 1.807) is 14.2 Å². The van der Waals surface area contributed by atoms with Crippen molar-refractivity contribution >= 4 is 21.9 Å². The van der Waals surface area contributed by atoms with Crippen molar-refractivity contribution < 1.29 is 19.0 Å². The van der Waals surface area contributed by atoms with Gasteiger partial charge in [-0.15, -0.1) is 0 Å². The number of rotatable bonds is 7. The Bertz CT molecular complexity index is 1180. The van der Waals surface area contributed by atoms with Gasteiger partial charge < -0.3 is 23.6 Å². The molecule has 1 aliphatic rings. The lowest BCUT2D eigenvalue weighted by atomic mass is 10.1. The molecule has 0 radical (unpaired) electrons. The second-order valence-electron chi connectivity index (χ2n) is 7.73. The van der Waals surface area contributed by atoms with Crippen molar-refractivity contribution in [1.82, 2.24) is 4.57 Å². The van der Waals surface area contributed by atoms with Gasteiger partial charge in [0.25, 0.3) is 0 Å². The van der Waals surface area contributed by atoms with Crippen molar-refractivity contribution in [2.45, 2.75) is 25.8 Å². The number of hydrogen-bond acceptors (Lipinski definition) is 4. The first kappa shape index (κ1) is 18.1. The Hall–Kier alpha value is -2.92. The number of ether oxygens (including phenoxy) is 2. The largest absolute Gasteiger partial charge is 0.497 e. The average molecular weight is 391 g/mol. The minimum atomic E-state index is 0.0519. The molecule has 0 bridgehead atoms. The predicted octanol–water partition coefficient (Wildman–Crippen LogP) is 5.02. The monoisotopic (exact) mass is 391 g/mol. The fourth-order valence-corrected chi connectivity index (χ4v) is 4.21. The molecule has 2 aromatic heterocycles. The van der Waals surface area contributed by atoms with Crippen molar-refractivity contribution in [3.05, 3.63) is 48.0 Å². The zero-order valence-electron chi connectivity index (χ0n) is 16.8. The zero-order chi connectivity index (χ0) is 20.0. The third kappa shape index (κ3) is 3.06. The summed E-state index contributed by atoms with van der Waals surface area (Å²) in [6, 6.07) is 14.2. The lowest BCUT2D eigenvalue weighted by Crippen LogP contribution is -2.03. The van der Waals surface area contributed by atoms with E-state index in [0.29, 0.717) is 12.3 Å². The van der Waals surface area contributed by atoms with Crippen LogP contribution in [-0.4, -0.2) is 30.5 Å². The molecule has 1 aliphatic carbocycles.